The minimum Gasteiger partial charge on any atom is -0.497 e. The fourth-order valence-electron chi connectivity index (χ4n) is 3.74. The molecule has 4 rings (SSSR count). The molecule has 0 aliphatic carbocycles. The average molecular weight is 417 g/mol. The first kappa shape index (κ1) is 20.8. The third kappa shape index (κ3) is 5.40. The number of hydrogen-bond acceptors (Lipinski definition) is 5. The van der Waals surface area contributed by atoms with Crippen molar-refractivity contribution >= 4 is 17.4 Å². The Bertz CT molecular complexity index is 993. The van der Waals surface area contributed by atoms with E-state index in [-0.39, 0.29) is 5.91 Å². The molecule has 1 aromatic heterocycles. The number of nitrogens with one attached hydrogen (secondary N) is 1. The van der Waals surface area contributed by atoms with Crippen molar-refractivity contribution in [1.82, 2.24) is 10.2 Å². The number of carbonyl (C=O) groups excluding carboxylic acids is 1. The summed E-state index contributed by atoms with van der Waals surface area (Å²) in [5, 5.41) is 11.8. The van der Waals surface area contributed by atoms with Crippen LogP contribution in [0.25, 0.3) is 11.3 Å². The van der Waals surface area contributed by atoms with Gasteiger partial charge in [0.15, 0.2) is 5.82 Å². The lowest BCUT2D eigenvalue weighted by atomic mass is 9.99. The number of benzene rings is 2. The minimum atomic E-state index is -0.0575. The Kier molecular flexibility index (Phi) is 6.46. The molecule has 0 saturated carbocycles. The smallest absolute Gasteiger partial charge is 0.228 e. The Morgan fingerprint density at radius 1 is 1.00 bits per heavy atom. The van der Waals surface area contributed by atoms with E-state index in [1.54, 1.807) is 7.11 Å². The highest BCUT2D eigenvalue weighted by Crippen LogP contribution is 2.24. The molecule has 3 aromatic rings. The summed E-state index contributed by atoms with van der Waals surface area (Å²) in [5.41, 5.74) is 3.49. The van der Waals surface area contributed by atoms with Crippen LogP contribution >= 0.6 is 0 Å². The summed E-state index contributed by atoms with van der Waals surface area (Å²) in [6.45, 7) is 4.39. The zero-order valence-corrected chi connectivity index (χ0v) is 18.0. The summed E-state index contributed by atoms with van der Waals surface area (Å²) >= 11 is 0. The predicted molar refractivity (Wildman–Crippen MR) is 123 cm³/mol. The summed E-state index contributed by atoms with van der Waals surface area (Å²) in [6.07, 6.45) is 2.72. The highest BCUT2D eigenvalue weighted by Gasteiger charge is 2.17. The topological polar surface area (TPSA) is 67.3 Å². The molecule has 1 aliphatic heterocycles. The second kappa shape index (κ2) is 9.60. The molecule has 6 heteroatoms. The average Bonchev–Trinajstić information content (AvgIpc) is 2.81. The Morgan fingerprint density at radius 3 is 2.32 bits per heavy atom. The normalized spacial score (nSPS) is 14.3. The van der Waals surface area contributed by atoms with Crippen LogP contribution in [0.4, 0.5) is 11.5 Å². The van der Waals surface area contributed by atoms with Gasteiger partial charge in [0.2, 0.25) is 5.91 Å². The van der Waals surface area contributed by atoms with E-state index in [1.165, 1.54) is 12.8 Å². The highest BCUT2D eigenvalue weighted by atomic mass is 16.5. The fraction of sp³-hybridized carbons (Fsp3) is 0.320. The van der Waals surface area contributed by atoms with E-state index in [1.807, 2.05) is 60.7 Å². The van der Waals surface area contributed by atoms with E-state index in [4.69, 9.17) is 4.74 Å². The van der Waals surface area contributed by atoms with Crippen LogP contribution in [0.1, 0.15) is 25.3 Å². The zero-order valence-electron chi connectivity index (χ0n) is 18.0. The van der Waals surface area contributed by atoms with E-state index in [0.29, 0.717) is 6.42 Å². The predicted octanol–water partition coefficient (Wildman–Crippen LogP) is 4.57. The lowest BCUT2D eigenvalue weighted by molar-refractivity contribution is -0.115. The van der Waals surface area contributed by atoms with E-state index in [2.05, 4.69) is 27.3 Å². The summed E-state index contributed by atoms with van der Waals surface area (Å²) in [6, 6.07) is 19.3. The Morgan fingerprint density at radius 2 is 1.71 bits per heavy atom. The van der Waals surface area contributed by atoms with Gasteiger partial charge in [-0.2, -0.15) is 0 Å². The van der Waals surface area contributed by atoms with Crippen molar-refractivity contribution in [3.8, 4) is 17.0 Å². The molecule has 0 unspecified atom stereocenters. The highest BCUT2D eigenvalue weighted by molar-refractivity contribution is 5.92. The molecular formula is C25H28N4O2. The van der Waals surface area contributed by atoms with Crippen molar-refractivity contribution in [3.05, 3.63) is 66.2 Å². The van der Waals surface area contributed by atoms with Gasteiger partial charge in [0, 0.05) is 24.3 Å². The molecule has 31 heavy (non-hydrogen) atoms. The van der Waals surface area contributed by atoms with Crippen molar-refractivity contribution in [2.45, 2.75) is 26.2 Å². The molecular weight excluding hydrogens is 388 g/mol. The molecule has 0 bridgehead atoms. The first-order valence-corrected chi connectivity index (χ1v) is 10.7. The first-order valence-electron chi connectivity index (χ1n) is 10.7. The number of carbonyl (C=O) groups is 1. The van der Waals surface area contributed by atoms with Gasteiger partial charge in [0.1, 0.15) is 5.75 Å². The maximum Gasteiger partial charge on any atom is 0.228 e. The number of rotatable bonds is 6. The van der Waals surface area contributed by atoms with Crippen molar-refractivity contribution in [1.29, 1.82) is 0 Å². The maximum atomic E-state index is 12.3. The SMILES string of the molecule is COc1ccc(CC(=O)Nc2ccc(-c3ccc(N4CCC(C)CC4)nn3)cc2)cc1. The summed E-state index contributed by atoms with van der Waals surface area (Å²) in [4.78, 5) is 14.6. The molecule has 0 radical (unpaired) electrons. The summed E-state index contributed by atoms with van der Waals surface area (Å²) in [5.74, 6) is 2.45. The molecule has 6 nitrogen and oxygen atoms in total. The lowest BCUT2D eigenvalue weighted by Crippen LogP contribution is -2.33. The maximum absolute atomic E-state index is 12.3. The number of ether oxygens (including phenoxy) is 1. The van der Waals surface area contributed by atoms with Gasteiger partial charge in [0.25, 0.3) is 0 Å². The van der Waals surface area contributed by atoms with E-state index in [0.717, 1.165) is 53.1 Å². The Balaban J connectivity index is 1.34. The molecule has 160 valence electrons. The molecule has 0 atom stereocenters. The zero-order chi connectivity index (χ0) is 21.6. The van der Waals surface area contributed by atoms with E-state index < -0.39 is 0 Å². The van der Waals surface area contributed by atoms with Crippen molar-refractivity contribution in [3.63, 3.8) is 0 Å². The third-order valence-corrected chi connectivity index (χ3v) is 5.75. The fourth-order valence-corrected chi connectivity index (χ4v) is 3.74. The van der Waals surface area contributed by atoms with Gasteiger partial charge in [-0.3, -0.25) is 4.79 Å². The molecule has 1 amide bonds. The van der Waals surface area contributed by atoms with Crippen molar-refractivity contribution in [2.75, 3.05) is 30.4 Å². The van der Waals surface area contributed by atoms with Crippen LogP contribution in [0.15, 0.2) is 60.7 Å². The van der Waals surface area contributed by atoms with Crippen LogP contribution < -0.4 is 15.0 Å². The van der Waals surface area contributed by atoms with Gasteiger partial charge in [0.05, 0.1) is 19.2 Å². The third-order valence-electron chi connectivity index (χ3n) is 5.75. The monoisotopic (exact) mass is 416 g/mol. The van der Waals surface area contributed by atoms with Gasteiger partial charge in [-0.05, 0) is 60.7 Å². The van der Waals surface area contributed by atoms with Crippen molar-refractivity contribution in [2.24, 2.45) is 5.92 Å². The minimum absolute atomic E-state index is 0.0575. The number of piperidine rings is 1. The molecule has 0 spiro atoms. The molecule has 2 aromatic carbocycles. The molecule has 1 aliphatic rings. The number of hydrogen-bond donors (Lipinski definition) is 1. The molecule has 1 saturated heterocycles. The second-order valence-corrected chi connectivity index (χ2v) is 8.10. The van der Waals surface area contributed by atoms with E-state index >= 15 is 0 Å². The number of nitrogens with zero attached hydrogens (tertiary/aromatic N) is 3. The molecule has 2 heterocycles. The van der Waals surface area contributed by atoms with Crippen LogP contribution in [0, 0.1) is 5.92 Å². The van der Waals surface area contributed by atoms with Gasteiger partial charge in [-0.25, -0.2) is 0 Å². The Hall–Kier alpha value is -3.41. The molecule has 1 fully saturated rings. The van der Waals surface area contributed by atoms with E-state index in [9.17, 15) is 4.79 Å². The van der Waals surface area contributed by atoms with Crippen molar-refractivity contribution < 1.29 is 9.53 Å². The largest absolute Gasteiger partial charge is 0.497 e. The number of aromatic nitrogens is 2. The Labute approximate surface area is 183 Å². The van der Waals surface area contributed by atoms with Crippen LogP contribution in [-0.4, -0.2) is 36.3 Å². The summed E-state index contributed by atoms with van der Waals surface area (Å²) < 4.78 is 5.15. The number of amides is 1. The number of methoxy groups -OCH3 is 1. The van der Waals surface area contributed by atoms with Gasteiger partial charge in [-0.1, -0.05) is 31.2 Å². The first-order chi connectivity index (χ1) is 15.1. The number of anilines is 2. The quantitative estimate of drug-likeness (QED) is 0.638. The standard InChI is InChI=1S/C25H28N4O2/c1-18-13-15-29(16-14-18)24-12-11-23(27-28-24)20-5-7-21(8-6-20)26-25(30)17-19-3-9-22(31-2)10-4-19/h3-12,18H,13-17H2,1-2H3,(H,26,30). The van der Waals surface area contributed by atoms with Crippen LogP contribution in [0.5, 0.6) is 5.75 Å². The summed E-state index contributed by atoms with van der Waals surface area (Å²) in [7, 11) is 1.63. The van der Waals surface area contributed by atoms with Gasteiger partial charge in [-0.15, -0.1) is 10.2 Å². The van der Waals surface area contributed by atoms with Gasteiger partial charge >= 0.3 is 0 Å². The lowest BCUT2D eigenvalue weighted by Gasteiger charge is -2.30. The van der Waals surface area contributed by atoms with Crippen LogP contribution in [0.2, 0.25) is 0 Å². The van der Waals surface area contributed by atoms with Crippen LogP contribution in [0.3, 0.4) is 0 Å². The second-order valence-electron chi connectivity index (χ2n) is 8.10. The van der Waals surface area contributed by atoms with Gasteiger partial charge < -0.3 is 15.0 Å². The molecule has 1 N–H and O–H groups in total. The van der Waals surface area contributed by atoms with Crippen LogP contribution in [-0.2, 0) is 11.2 Å².